The summed E-state index contributed by atoms with van der Waals surface area (Å²) in [7, 11) is 1.50. The molecular formula is C55H50N2O14. The van der Waals surface area contributed by atoms with E-state index in [1.54, 1.807) is 48.5 Å². The lowest BCUT2D eigenvalue weighted by Crippen LogP contribution is -2.25. The summed E-state index contributed by atoms with van der Waals surface area (Å²) in [6, 6.07) is 38.6. The number of ether oxygens (including phenoxy) is 6. The van der Waals surface area contributed by atoms with Crippen LogP contribution < -0.4 is 10.6 Å². The van der Waals surface area contributed by atoms with Gasteiger partial charge < -0.3 is 39.1 Å². The second-order valence-electron chi connectivity index (χ2n) is 15.7. The van der Waals surface area contributed by atoms with Gasteiger partial charge in [-0.05, 0) is 78.2 Å². The van der Waals surface area contributed by atoms with E-state index < -0.39 is 29.8 Å². The molecule has 6 aromatic rings. The minimum absolute atomic E-state index is 0.000208. The molecule has 0 atom stereocenters. The Bertz CT molecular complexity index is 2880. The van der Waals surface area contributed by atoms with Gasteiger partial charge in [0.25, 0.3) is 11.8 Å². The number of ketones is 2. The molecule has 16 heteroatoms. The van der Waals surface area contributed by atoms with Gasteiger partial charge in [0.15, 0.2) is 11.6 Å². The van der Waals surface area contributed by atoms with E-state index in [9.17, 15) is 38.4 Å². The number of nitrogens with one attached hydrogen (secondary N) is 2. The van der Waals surface area contributed by atoms with Crippen molar-refractivity contribution in [3.8, 4) is 0 Å². The first-order chi connectivity index (χ1) is 34.4. The summed E-state index contributed by atoms with van der Waals surface area (Å²) in [5, 5.41) is 5.82. The maximum atomic E-state index is 13.4. The first-order valence-electron chi connectivity index (χ1n) is 22.3. The minimum atomic E-state index is -0.753. The molecule has 71 heavy (non-hydrogen) atoms. The Morgan fingerprint density at radius 3 is 1.38 bits per heavy atom. The van der Waals surface area contributed by atoms with Crippen LogP contribution in [-0.4, -0.2) is 87.4 Å². The van der Waals surface area contributed by atoms with Gasteiger partial charge in [0.2, 0.25) is 0 Å². The molecule has 0 radical (unpaired) electrons. The van der Waals surface area contributed by atoms with Gasteiger partial charge >= 0.3 is 23.9 Å². The van der Waals surface area contributed by atoms with Crippen LogP contribution >= 0.6 is 0 Å². The molecule has 0 bridgehead atoms. The topological polar surface area (TPSA) is 216 Å². The monoisotopic (exact) mass is 962 g/mol. The van der Waals surface area contributed by atoms with Gasteiger partial charge in [-0.1, -0.05) is 91.0 Å². The van der Waals surface area contributed by atoms with Crippen LogP contribution in [0.2, 0.25) is 0 Å². The lowest BCUT2D eigenvalue weighted by atomic mass is 10.1. The van der Waals surface area contributed by atoms with Gasteiger partial charge in [-0.3, -0.25) is 19.2 Å². The van der Waals surface area contributed by atoms with Crippen molar-refractivity contribution in [2.45, 2.75) is 33.2 Å². The van der Waals surface area contributed by atoms with Gasteiger partial charge in [0, 0.05) is 48.0 Å². The van der Waals surface area contributed by atoms with E-state index in [2.05, 4.69) is 10.6 Å². The van der Waals surface area contributed by atoms with E-state index >= 15 is 0 Å². The second kappa shape index (κ2) is 26.2. The van der Waals surface area contributed by atoms with Crippen LogP contribution in [0.15, 0.2) is 146 Å². The molecule has 364 valence electrons. The zero-order valence-corrected chi connectivity index (χ0v) is 38.9. The lowest BCUT2D eigenvalue weighted by molar-refractivity contribution is 0.0265. The first kappa shape index (κ1) is 51.8. The number of Topliss-reactive ketones (excluding diaryl/α,β-unsaturated/α-hetero) is 2. The van der Waals surface area contributed by atoms with Crippen LogP contribution in [0.4, 0.5) is 0 Å². The highest BCUT2D eigenvalue weighted by Crippen LogP contribution is 2.17. The number of hydrogen-bond acceptors (Lipinski definition) is 14. The predicted octanol–water partition coefficient (Wildman–Crippen LogP) is 7.32. The number of methoxy groups -OCH3 is 1. The largest absolute Gasteiger partial charge is 0.460 e. The van der Waals surface area contributed by atoms with Crippen molar-refractivity contribution >= 4 is 47.3 Å². The molecule has 0 fully saturated rings. The average Bonchev–Trinajstić information content (AvgIpc) is 3.40. The number of amides is 2. The Balaban J connectivity index is 0.934. The fourth-order valence-corrected chi connectivity index (χ4v) is 6.85. The molecule has 0 saturated carbocycles. The molecule has 0 aromatic heterocycles. The van der Waals surface area contributed by atoms with Gasteiger partial charge in [-0.25, -0.2) is 19.2 Å². The molecule has 0 aliphatic rings. The fourth-order valence-electron chi connectivity index (χ4n) is 6.85. The molecule has 2 N–H and O–H groups in total. The SMILES string of the molecule is COCCOC(=O)c1ccc(C(=O)COCc2ccccc2C(=O)NCc2cccc(CNC(=O)c3ccccc3COC(=O)c3cccc(C(=O)OCCOC(=O)c4ccc(C(C)=O)cc4)c3)c2)cc1. The lowest BCUT2D eigenvalue weighted by Gasteiger charge is -2.13. The Morgan fingerprint density at radius 1 is 0.423 bits per heavy atom. The fraction of sp³-hybridized carbons (Fsp3) is 0.200. The summed E-state index contributed by atoms with van der Waals surface area (Å²) < 4.78 is 31.6. The van der Waals surface area contributed by atoms with E-state index in [0.717, 1.165) is 11.1 Å². The Labute approximate surface area is 409 Å². The molecule has 6 aromatic carbocycles. The third-order valence-electron chi connectivity index (χ3n) is 10.6. The Morgan fingerprint density at radius 2 is 0.859 bits per heavy atom. The summed E-state index contributed by atoms with van der Waals surface area (Å²) in [5.74, 6) is -3.86. The standard InChI is InChI=1S/C55H50N2O14/c1-36(58)39-17-21-41(22-18-39)53(63)69-27-28-70-54(64)43-13-8-14-44(30-43)55(65)71-34-46-12-4-6-16-48(46)51(61)57-32-38-10-7-9-37(29-38)31-56-50(60)47-15-5-3-11-45(47)33-67-35-49(59)40-19-23-42(24-20-40)52(62)68-26-25-66-2/h3-24,29-30H,25-28,31-35H2,1-2H3,(H,56,60)(H,57,61). The highest BCUT2D eigenvalue weighted by atomic mass is 16.6. The zero-order valence-electron chi connectivity index (χ0n) is 38.9. The van der Waals surface area contributed by atoms with Crippen LogP contribution in [0.1, 0.15) is 112 Å². The smallest absolute Gasteiger partial charge is 0.338 e. The normalized spacial score (nSPS) is 10.6. The van der Waals surface area contributed by atoms with Crippen molar-refractivity contribution in [3.05, 3.63) is 212 Å². The summed E-state index contributed by atoms with van der Waals surface area (Å²) in [4.78, 5) is 101. The highest BCUT2D eigenvalue weighted by Gasteiger charge is 2.18. The molecule has 6 rings (SSSR count). The van der Waals surface area contributed by atoms with Crippen molar-refractivity contribution in [1.29, 1.82) is 0 Å². The van der Waals surface area contributed by atoms with Crippen LogP contribution in [0.3, 0.4) is 0 Å². The van der Waals surface area contributed by atoms with E-state index in [-0.39, 0.29) is 99.1 Å². The van der Waals surface area contributed by atoms with Gasteiger partial charge in [0.1, 0.15) is 33.0 Å². The van der Waals surface area contributed by atoms with Gasteiger partial charge in [0.05, 0.1) is 35.5 Å². The molecule has 0 aliphatic carbocycles. The Hall–Kier alpha value is -8.60. The third-order valence-corrected chi connectivity index (χ3v) is 10.6. The highest BCUT2D eigenvalue weighted by molar-refractivity contribution is 5.99. The van der Waals surface area contributed by atoms with Crippen LogP contribution in [0.5, 0.6) is 0 Å². The van der Waals surface area contributed by atoms with E-state index in [1.165, 1.54) is 86.8 Å². The van der Waals surface area contributed by atoms with Crippen molar-refractivity contribution in [3.63, 3.8) is 0 Å². The zero-order chi connectivity index (χ0) is 50.5. The quantitative estimate of drug-likeness (QED) is 0.0263. The molecule has 16 nitrogen and oxygen atoms in total. The van der Waals surface area contributed by atoms with E-state index in [1.807, 2.05) is 24.3 Å². The molecule has 0 heterocycles. The average molecular weight is 963 g/mol. The molecule has 0 aliphatic heterocycles. The number of carbonyl (C=O) groups is 8. The molecule has 2 amide bonds. The minimum Gasteiger partial charge on any atom is -0.460 e. The molecular weight excluding hydrogens is 913 g/mol. The second-order valence-corrected chi connectivity index (χ2v) is 15.7. The summed E-state index contributed by atoms with van der Waals surface area (Å²) in [5.41, 5.74) is 4.71. The summed E-state index contributed by atoms with van der Waals surface area (Å²) in [6.07, 6.45) is 0. The van der Waals surface area contributed by atoms with Crippen LogP contribution in [-0.2, 0) is 54.7 Å². The van der Waals surface area contributed by atoms with Crippen molar-refractivity contribution in [2.75, 3.05) is 40.1 Å². The van der Waals surface area contributed by atoms with Crippen molar-refractivity contribution in [2.24, 2.45) is 0 Å². The van der Waals surface area contributed by atoms with Crippen molar-refractivity contribution in [1.82, 2.24) is 10.6 Å². The number of hydrogen-bond donors (Lipinski definition) is 2. The number of rotatable bonds is 24. The van der Waals surface area contributed by atoms with Gasteiger partial charge in [-0.15, -0.1) is 0 Å². The van der Waals surface area contributed by atoms with Gasteiger partial charge in [-0.2, -0.15) is 0 Å². The maximum absolute atomic E-state index is 13.4. The maximum Gasteiger partial charge on any atom is 0.338 e. The van der Waals surface area contributed by atoms with Crippen molar-refractivity contribution < 1.29 is 66.8 Å². The predicted molar refractivity (Wildman–Crippen MR) is 257 cm³/mol. The van der Waals surface area contributed by atoms with Crippen LogP contribution in [0.25, 0.3) is 0 Å². The van der Waals surface area contributed by atoms with Crippen LogP contribution in [0, 0.1) is 0 Å². The molecule has 0 saturated heterocycles. The number of carbonyl (C=O) groups excluding carboxylic acids is 8. The number of benzene rings is 6. The Kier molecular flexibility index (Phi) is 19.1. The summed E-state index contributed by atoms with van der Waals surface area (Å²) in [6.45, 7) is 1.18. The van der Waals surface area contributed by atoms with E-state index in [4.69, 9.17) is 28.4 Å². The molecule has 0 spiro atoms. The summed E-state index contributed by atoms with van der Waals surface area (Å²) >= 11 is 0. The first-order valence-corrected chi connectivity index (χ1v) is 22.3. The number of esters is 4. The molecule has 0 unspecified atom stereocenters. The third kappa shape index (κ3) is 15.5. The van der Waals surface area contributed by atoms with E-state index in [0.29, 0.717) is 33.4 Å².